The zero-order valence-corrected chi connectivity index (χ0v) is 18.0. The van der Waals surface area contributed by atoms with Gasteiger partial charge < -0.3 is 21.3 Å². The first-order chi connectivity index (χ1) is 16.2. The van der Waals surface area contributed by atoms with Crippen molar-refractivity contribution in [3.05, 3.63) is 52.1 Å². The van der Waals surface area contributed by atoms with Crippen LogP contribution in [0.1, 0.15) is 28.9 Å². The summed E-state index contributed by atoms with van der Waals surface area (Å²) in [6, 6.07) is 4.85. The predicted octanol–water partition coefficient (Wildman–Crippen LogP) is -0.198. The van der Waals surface area contributed by atoms with Crippen LogP contribution in [0.25, 0.3) is 11.2 Å². The van der Waals surface area contributed by atoms with Gasteiger partial charge >= 0.3 is 11.9 Å². The second-order valence-electron chi connectivity index (χ2n) is 7.10. The van der Waals surface area contributed by atoms with E-state index in [1.807, 2.05) is 0 Å². The minimum atomic E-state index is -1.36. The van der Waals surface area contributed by atoms with E-state index in [1.165, 1.54) is 25.4 Å². The van der Waals surface area contributed by atoms with Gasteiger partial charge in [0, 0.05) is 24.7 Å². The molecular formula is C20H22N8O6. The van der Waals surface area contributed by atoms with Crippen molar-refractivity contribution in [2.75, 3.05) is 18.1 Å². The third-order valence-electron chi connectivity index (χ3n) is 4.78. The molecule has 1 atom stereocenters. The summed E-state index contributed by atoms with van der Waals surface area (Å²) >= 11 is 0. The Balaban J connectivity index is 1.69. The van der Waals surface area contributed by atoms with Crippen molar-refractivity contribution >= 4 is 40.6 Å². The molecule has 2 aromatic heterocycles. The smallest absolute Gasteiger partial charge is 0.328 e. The molecule has 0 fully saturated rings. The van der Waals surface area contributed by atoms with Crippen molar-refractivity contribution in [3.63, 3.8) is 0 Å². The minimum Gasteiger partial charge on any atom is -0.481 e. The Bertz CT molecular complexity index is 1280. The molecule has 0 aliphatic carbocycles. The number of nitrogens with two attached hydrogens (primary N) is 1. The maximum atomic E-state index is 12.8. The Morgan fingerprint density at radius 2 is 1.88 bits per heavy atom. The van der Waals surface area contributed by atoms with Gasteiger partial charge in [-0.2, -0.15) is 4.98 Å². The number of aromatic amines is 1. The number of carboxylic acids is 2. The van der Waals surface area contributed by atoms with Crippen LogP contribution in [0, 0.1) is 0 Å². The number of carboxylic acid groups (broad SMARTS) is 2. The third-order valence-corrected chi connectivity index (χ3v) is 4.78. The molecule has 0 saturated carbocycles. The summed E-state index contributed by atoms with van der Waals surface area (Å²) in [5, 5.41) is 22.2. The molecule has 0 aliphatic heterocycles. The molecule has 0 unspecified atom stereocenters. The van der Waals surface area contributed by atoms with E-state index in [4.69, 9.17) is 10.8 Å². The maximum Gasteiger partial charge on any atom is 0.328 e. The first-order valence-electron chi connectivity index (χ1n) is 10.0. The number of H-pyrrole nitrogens is 1. The summed E-state index contributed by atoms with van der Waals surface area (Å²) in [6.45, 7) is 0.221. The van der Waals surface area contributed by atoms with Gasteiger partial charge in [0.1, 0.15) is 6.04 Å². The quantitative estimate of drug-likeness (QED) is 0.212. The molecule has 178 valence electrons. The van der Waals surface area contributed by atoms with Crippen molar-refractivity contribution in [2.45, 2.75) is 25.4 Å². The van der Waals surface area contributed by atoms with Crippen LogP contribution in [0.2, 0.25) is 0 Å². The number of nitrogen functional groups attached to an aromatic ring is 1. The summed E-state index contributed by atoms with van der Waals surface area (Å²) in [5.41, 5.74) is 8.98. The lowest BCUT2D eigenvalue weighted by Gasteiger charge is -2.27. The summed E-state index contributed by atoms with van der Waals surface area (Å²) in [6.07, 6.45) is 0.792. The Morgan fingerprint density at radius 3 is 2.50 bits per heavy atom. The van der Waals surface area contributed by atoms with Crippen LogP contribution in [0.3, 0.4) is 0 Å². The lowest BCUT2D eigenvalue weighted by molar-refractivity contribution is -0.144. The predicted molar refractivity (Wildman–Crippen MR) is 120 cm³/mol. The number of nitrogens with one attached hydrogen (secondary N) is 3. The highest BCUT2D eigenvalue weighted by Crippen LogP contribution is 2.15. The summed E-state index contributed by atoms with van der Waals surface area (Å²) in [5.74, 6) is -3.17. The van der Waals surface area contributed by atoms with Gasteiger partial charge in [0.25, 0.3) is 11.5 Å². The average Bonchev–Trinajstić information content (AvgIpc) is 2.80. The van der Waals surface area contributed by atoms with Crippen LogP contribution in [0.15, 0.2) is 35.3 Å². The van der Waals surface area contributed by atoms with Crippen molar-refractivity contribution in [1.29, 1.82) is 0 Å². The molecule has 1 amide bonds. The van der Waals surface area contributed by atoms with E-state index in [-0.39, 0.29) is 35.6 Å². The molecule has 1 aromatic carbocycles. The molecule has 14 nitrogen and oxygen atoms in total. The molecule has 3 rings (SSSR count). The highest BCUT2D eigenvalue weighted by atomic mass is 16.4. The molecule has 2 heterocycles. The third kappa shape index (κ3) is 5.60. The van der Waals surface area contributed by atoms with Crippen LogP contribution >= 0.6 is 0 Å². The summed E-state index contributed by atoms with van der Waals surface area (Å²) in [4.78, 5) is 61.7. The number of rotatable bonds is 10. The number of carbonyl (C=O) groups is 3. The monoisotopic (exact) mass is 470 g/mol. The van der Waals surface area contributed by atoms with Gasteiger partial charge in [0.05, 0.1) is 18.4 Å². The van der Waals surface area contributed by atoms with Crippen LogP contribution in [-0.2, 0) is 16.1 Å². The molecule has 0 spiro atoms. The molecule has 7 N–H and O–H groups in total. The highest BCUT2D eigenvalue weighted by molar-refractivity contribution is 5.96. The number of aliphatic carboxylic acids is 2. The average molecular weight is 470 g/mol. The van der Waals surface area contributed by atoms with E-state index in [1.54, 1.807) is 12.1 Å². The number of benzene rings is 1. The fourth-order valence-electron chi connectivity index (χ4n) is 3.14. The van der Waals surface area contributed by atoms with E-state index in [0.717, 1.165) is 5.01 Å². The number of nitrogens with zero attached hydrogens (tertiary/aromatic N) is 4. The number of hydrazine groups is 1. The molecule has 14 heteroatoms. The van der Waals surface area contributed by atoms with Crippen LogP contribution < -0.4 is 22.0 Å². The number of hydrogen-bond donors (Lipinski definition) is 6. The van der Waals surface area contributed by atoms with Crippen molar-refractivity contribution in [3.8, 4) is 0 Å². The van der Waals surface area contributed by atoms with E-state index in [0.29, 0.717) is 11.4 Å². The molecule has 0 radical (unpaired) electrons. The van der Waals surface area contributed by atoms with E-state index >= 15 is 0 Å². The Morgan fingerprint density at radius 1 is 1.18 bits per heavy atom. The minimum absolute atomic E-state index is 0.0532. The van der Waals surface area contributed by atoms with Gasteiger partial charge in [0.15, 0.2) is 11.2 Å². The first-order valence-corrected chi connectivity index (χ1v) is 10.0. The Hall–Kier alpha value is -4.59. The fraction of sp³-hybridized carbons (Fsp3) is 0.250. The van der Waals surface area contributed by atoms with Gasteiger partial charge in [0.2, 0.25) is 5.95 Å². The normalized spacial score (nSPS) is 11.7. The zero-order valence-electron chi connectivity index (χ0n) is 18.0. The number of hydrogen-bond acceptors (Lipinski definition) is 10. The van der Waals surface area contributed by atoms with E-state index < -0.39 is 35.9 Å². The number of amides is 1. The van der Waals surface area contributed by atoms with Crippen molar-refractivity contribution in [1.82, 2.24) is 30.4 Å². The SMILES string of the molecule is CNN(C(=O)c1ccc(NCc2cnc3nc(N)[nH]c(=O)c3n2)cc1)[C@@H](CCC(=O)O)C(=O)O. The molecule has 0 bridgehead atoms. The molecular weight excluding hydrogens is 448 g/mol. The lowest BCUT2D eigenvalue weighted by Crippen LogP contribution is -2.51. The standard InChI is InChI=1S/C20H22N8O6/c1-22-28(13(19(33)34)6-7-14(29)30)18(32)10-2-4-11(5-3-10)23-8-12-9-24-16-15(25-12)17(31)27-20(21)26-16/h2-5,9,13,22-23H,6-8H2,1H3,(H,29,30)(H,33,34)(H3,21,24,26,27,31)/t13-/m0/s1. The van der Waals surface area contributed by atoms with E-state index in [2.05, 4.69) is 30.7 Å². The van der Waals surface area contributed by atoms with Crippen LogP contribution in [0.5, 0.6) is 0 Å². The highest BCUT2D eigenvalue weighted by Gasteiger charge is 2.30. The van der Waals surface area contributed by atoms with Crippen molar-refractivity contribution < 1.29 is 24.6 Å². The van der Waals surface area contributed by atoms with Crippen LogP contribution in [-0.4, -0.2) is 66.1 Å². The fourth-order valence-corrected chi connectivity index (χ4v) is 3.14. The van der Waals surface area contributed by atoms with Gasteiger partial charge in [-0.15, -0.1) is 0 Å². The largest absolute Gasteiger partial charge is 0.481 e. The van der Waals surface area contributed by atoms with Gasteiger partial charge in [-0.1, -0.05) is 0 Å². The Kier molecular flexibility index (Phi) is 7.33. The first kappa shape index (κ1) is 24.1. The second kappa shape index (κ2) is 10.4. The molecule has 0 aliphatic rings. The maximum absolute atomic E-state index is 12.8. The number of fused-ring (bicyclic) bond motifs is 1. The Labute approximate surface area is 191 Å². The lowest BCUT2D eigenvalue weighted by atomic mass is 10.1. The number of carbonyl (C=O) groups excluding carboxylic acids is 1. The van der Waals surface area contributed by atoms with Crippen molar-refractivity contribution in [2.24, 2.45) is 0 Å². The summed E-state index contributed by atoms with van der Waals surface area (Å²) < 4.78 is 0. The molecule has 0 saturated heterocycles. The topological polar surface area (TPSA) is 217 Å². The number of aromatic nitrogens is 4. The summed E-state index contributed by atoms with van der Waals surface area (Å²) in [7, 11) is 1.38. The second-order valence-corrected chi connectivity index (χ2v) is 7.10. The van der Waals surface area contributed by atoms with E-state index in [9.17, 15) is 24.3 Å². The number of anilines is 2. The van der Waals surface area contributed by atoms with Crippen LogP contribution in [0.4, 0.5) is 11.6 Å². The molecule has 3 aromatic rings. The van der Waals surface area contributed by atoms with Gasteiger partial charge in [-0.05, 0) is 30.7 Å². The molecule has 34 heavy (non-hydrogen) atoms. The van der Waals surface area contributed by atoms with Gasteiger partial charge in [-0.3, -0.25) is 24.4 Å². The zero-order chi connectivity index (χ0) is 24.8. The van der Waals surface area contributed by atoms with Gasteiger partial charge in [-0.25, -0.2) is 20.2 Å².